The van der Waals surface area contributed by atoms with Crippen molar-refractivity contribution in [1.82, 2.24) is 10.2 Å². The van der Waals surface area contributed by atoms with Crippen LogP contribution in [0, 0.1) is 0 Å². The first-order valence-corrected chi connectivity index (χ1v) is 6.91. The Balaban J connectivity index is 1.92. The Bertz CT molecular complexity index is 335. The molecule has 0 spiro atoms. The van der Waals surface area contributed by atoms with E-state index in [1.165, 1.54) is 7.11 Å². The Labute approximate surface area is 113 Å². The second kappa shape index (κ2) is 6.86. The molecule has 2 heterocycles. The zero-order chi connectivity index (χ0) is 13.7. The number of rotatable bonds is 3. The van der Waals surface area contributed by atoms with E-state index in [0.29, 0.717) is 13.2 Å². The van der Waals surface area contributed by atoms with Gasteiger partial charge in [-0.15, -0.1) is 0 Å². The van der Waals surface area contributed by atoms with Gasteiger partial charge in [-0.3, -0.25) is 14.5 Å². The van der Waals surface area contributed by atoms with Crippen LogP contribution in [0.25, 0.3) is 0 Å². The molecule has 2 atom stereocenters. The third kappa shape index (κ3) is 3.91. The zero-order valence-corrected chi connectivity index (χ0v) is 11.4. The first-order chi connectivity index (χ1) is 9.20. The molecule has 0 aliphatic carbocycles. The molecule has 1 amide bonds. The second-order valence-electron chi connectivity index (χ2n) is 5.07. The highest BCUT2D eigenvalue weighted by Crippen LogP contribution is 2.17. The van der Waals surface area contributed by atoms with Crippen molar-refractivity contribution >= 4 is 11.9 Å². The average Bonchev–Trinajstić information content (AvgIpc) is 2.63. The van der Waals surface area contributed by atoms with Gasteiger partial charge in [0.1, 0.15) is 0 Å². The van der Waals surface area contributed by atoms with Crippen molar-refractivity contribution in [1.29, 1.82) is 0 Å². The van der Waals surface area contributed by atoms with E-state index in [9.17, 15) is 9.59 Å². The highest BCUT2D eigenvalue weighted by atomic mass is 16.5. The number of morpholine rings is 1. The summed E-state index contributed by atoms with van der Waals surface area (Å²) in [6, 6.07) is -0.0773. The van der Waals surface area contributed by atoms with Crippen molar-refractivity contribution in [2.24, 2.45) is 0 Å². The van der Waals surface area contributed by atoms with E-state index in [1.54, 1.807) is 0 Å². The third-order valence-electron chi connectivity index (χ3n) is 3.74. The Kier molecular flexibility index (Phi) is 5.15. The molecule has 19 heavy (non-hydrogen) atoms. The van der Waals surface area contributed by atoms with Gasteiger partial charge in [0.15, 0.2) is 0 Å². The van der Waals surface area contributed by atoms with E-state index in [-0.39, 0.29) is 30.4 Å². The number of methoxy groups -OCH3 is 1. The normalized spacial score (nSPS) is 29.4. The lowest BCUT2D eigenvalue weighted by molar-refractivity contribution is -0.146. The standard InChI is InChI=1S/C13H22N2O4/c1-18-12(16)8-10-9-15(6-7-19-10)11-4-2-3-5-14-13(11)17/h10-11H,2-9H2,1H3,(H,14,17). The first kappa shape index (κ1) is 14.3. The summed E-state index contributed by atoms with van der Waals surface area (Å²) >= 11 is 0. The zero-order valence-electron chi connectivity index (χ0n) is 11.4. The van der Waals surface area contributed by atoms with Crippen LogP contribution in [0.1, 0.15) is 25.7 Å². The topological polar surface area (TPSA) is 67.9 Å². The van der Waals surface area contributed by atoms with Crippen molar-refractivity contribution in [3.63, 3.8) is 0 Å². The third-order valence-corrected chi connectivity index (χ3v) is 3.74. The second-order valence-corrected chi connectivity index (χ2v) is 5.07. The molecule has 108 valence electrons. The van der Waals surface area contributed by atoms with Crippen molar-refractivity contribution in [2.45, 2.75) is 37.8 Å². The number of nitrogens with zero attached hydrogens (tertiary/aromatic N) is 1. The van der Waals surface area contributed by atoms with Crippen LogP contribution in [0.2, 0.25) is 0 Å². The van der Waals surface area contributed by atoms with Gasteiger partial charge in [0, 0.05) is 19.6 Å². The summed E-state index contributed by atoms with van der Waals surface area (Å²) in [4.78, 5) is 25.4. The molecule has 6 heteroatoms. The fourth-order valence-corrected chi connectivity index (χ4v) is 2.69. The minimum absolute atomic E-state index is 0.0773. The van der Waals surface area contributed by atoms with Gasteiger partial charge >= 0.3 is 5.97 Å². The molecule has 0 aromatic heterocycles. The highest BCUT2D eigenvalue weighted by Gasteiger charge is 2.32. The van der Waals surface area contributed by atoms with E-state index in [2.05, 4.69) is 15.0 Å². The van der Waals surface area contributed by atoms with Crippen molar-refractivity contribution in [2.75, 3.05) is 33.4 Å². The Morgan fingerprint density at radius 1 is 1.53 bits per heavy atom. The van der Waals surface area contributed by atoms with Gasteiger partial charge in [-0.25, -0.2) is 0 Å². The van der Waals surface area contributed by atoms with Gasteiger partial charge in [0.25, 0.3) is 0 Å². The van der Waals surface area contributed by atoms with E-state index in [0.717, 1.165) is 32.4 Å². The number of ether oxygens (including phenoxy) is 2. The van der Waals surface area contributed by atoms with Crippen LogP contribution in [0.5, 0.6) is 0 Å². The summed E-state index contributed by atoms with van der Waals surface area (Å²) < 4.78 is 10.2. The summed E-state index contributed by atoms with van der Waals surface area (Å²) in [6.07, 6.45) is 3.07. The maximum atomic E-state index is 12.0. The fourth-order valence-electron chi connectivity index (χ4n) is 2.69. The van der Waals surface area contributed by atoms with Crippen LogP contribution in [0.15, 0.2) is 0 Å². The molecule has 0 radical (unpaired) electrons. The lowest BCUT2D eigenvalue weighted by Gasteiger charge is -2.36. The number of nitrogens with one attached hydrogen (secondary N) is 1. The molecule has 0 saturated carbocycles. The molecule has 0 aromatic rings. The summed E-state index contributed by atoms with van der Waals surface area (Å²) in [7, 11) is 1.38. The van der Waals surface area contributed by atoms with Gasteiger partial charge in [-0.2, -0.15) is 0 Å². The van der Waals surface area contributed by atoms with Gasteiger partial charge in [0.05, 0.1) is 32.3 Å². The van der Waals surface area contributed by atoms with Crippen molar-refractivity contribution < 1.29 is 19.1 Å². The molecule has 0 aromatic carbocycles. The van der Waals surface area contributed by atoms with E-state index in [1.807, 2.05) is 0 Å². The van der Waals surface area contributed by atoms with Crippen LogP contribution in [0.4, 0.5) is 0 Å². The van der Waals surface area contributed by atoms with E-state index in [4.69, 9.17) is 4.74 Å². The largest absolute Gasteiger partial charge is 0.469 e. The lowest BCUT2D eigenvalue weighted by atomic mass is 10.1. The smallest absolute Gasteiger partial charge is 0.308 e. The lowest BCUT2D eigenvalue weighted by Crippen LogP contribution is -2.53. The molecule has 2 aliphatic rings. The van der Waals surface area contributed by atoms with Crippen LogP contribution in [0.3, 0.4) is 0 Å². The number of hydrogen-bond donors (Lipinski definition) is 1. The number of esters is 1. The average molecular weight is 270 g/mol. The molecule has 0 bridgehead atoms. The predicted molar refractivity (Wildman–Crippen MR) is 68.6 cm³/mol. The van der Waals surface area contributed by atoms with Gasteiger partial charge < -0.3 is 14.8 Å². The molecule has 2 unspecified atom stereocenters. The Morgan fingerprint density at radius 2 is 2.37 bits per heavy atom. The monoisotopic (exact) mass is 270 g/mol. The van der Waals surface area contributed by atoms with Gasteiger partial charge in [-0.05, 0) is 19.3 Å². The van der Waals surface area contributed by atoms with E-state index >= 15 is 0 Å². The number of carbonyl (C=O) groups is 2. The maximum absolute atomic E-state index is 12.0. The molecule has 2 fully saturated rings. The number of hydrogen-bond acceptors (Lipinski definition) is 5. The summed E-state index contributed by atoms with van der Waals surface area (Å²) in [5, 5.41) is 2.95. The molecule has 2 saturated heterocycles. The van der Waals surface area contributed by atoms with Crippen LogP contribution in [-0.4, -0.2) is 62.3 Å². The summed E-state index contributed by atoms with van der Waals surface area (Å²) in [6.45, 7) is 2.69. The number of carbonyl (C=O) groups excluding carboxylic acids is 2. The molecule has 2 rings (SSSR count). The van der Waals surface area contributed by atoms with Crippen LogP contribution in [-0.2, 0) is 19.1 Å². The minimum Gasteiger partial charge on any atom is -0.469 e. The molecular formula is C13H22N2O4. The molecule has 6 nitrogen and oxygen atoms in total. The fraction of sp³-hybridized carbons (Fsp3) is 0.846. The van der Waals surface area contributed by atoms with E-state index < -0.39 is 0 Å². The predicted octanol–water partition coefficient (Wildman–Crippen LogP) is -0.0810. The number of amides is 1. The van der Waals surface area contributed by atoms with Crippen molar-refractivity contribution in [3.8, 4) is 0 Å². The minimum atomic E-state index is -0.267. The Morgan fingerprint density at radius 3 is 3.16 bits per heavy atom. The highest BCUT2D eigenvalue weighted by molar-refractivity contribution is 5.82. The van der Waals surface area contributed by atoms with Crippen LogP contribution < -0.4 is 5.32 Å². The van der Waals surface area contributed by atoms with Gasteiger partial charge in [0.2, 0.25) is 5.91 Å². The Hall–Kier alpha value is -1.14. The first-order valence-electron chi connectivity index (χ1n) is 6.91. The maximum Gasteiger partial charge on any atom is 0.308 e. The summed E-state index contributed by atoms with van der Waals surface area (Å²) in [5.41, 5.74) is 0. The van der Waals surface area contributed by atoms with Crippen LogP contribution >= 0.6 is 0 Å². The molecule has 1 N–H and O–H groups in total. The van der Waals surface area contributed by atoms with Gasteiger partial charge in [-0.1, -0.05) is 0 Å². The molecular weight excluding hydrogens is 248 g/mol. The quantitative estimate of drug-likeness (QED) is 0.727. The molecule has 2 aliphatic heterocycles. The summed E-state index contributed by atoms with van der Waals surface area (Å²) in [5.74, 6) is -0.159. The van der Waals surface area contributed by atoms with Crippen molar-refractivity contribution in [3.05, 3.63) is 0 Å². The SMILES string of the molecule is COC(=O)CC1CN(C2CCCCNC2=O)CCO1.